The molecular weight excluding hydrogens is 330 g/mol. The summed E-state index contributed by atoms with van der Waals surface area (Å²) < 4.78 is 10.9. The molecule has 1 unspecified atom stereocenters. The number of aromatic nitrogens is 2. The van der Waals surface area contributed by atoms with Crippen LogP contribution in [0.2, 0.25) is 5.02 Å². The number of carbonyl (C=O) groups is 1. The van der Waals surface area contributed by atoms with E-state index in [-0.39, 0.29) is 11.9 Å². The second-order valence-electron chi connectivity index (χ2n) is 5.83. The lowest BCUT2D eigenvalue weighted by molar-refractivity contribution is -0.150. The Balaban J connectivity index is 1.62. The molecule has 128 valence electrons. The van der Waals surface area contributed by atoms with E-state index in [1.807, 2.05) is 19.1 Å². The molecular formula is C17H20ClN3O3. The Morgan fingerprint density at radius 3 is 2.92 bits per heavy atom. The molecule has 0 N–H and O–H groups in total. The monoisotopic (exact) mass is 349 g/mol. The normalized spacial score (nSPS) is 18.5. The smallest absolute Gasteiger partial charge is 0.310 e. The number of piperidine rings is 1. The van der Waals surface area contributed by atoms with E-state index in [4.69, 9.17) is 20.8 Å². The number of nitrogens with zero attached hydrogens (tertiary/aromatic N) is 3. The molecule has 1 saturated heterocycles. The summed E-state index contributed by atoms with van der Waals surface area (Å²) in [6.07, 6.45) is 1.83. The lowest BCUT2D eigenvalue weighted by atomic mass is 9.98. The molecule has 0 radical (unpaired) electrons. The maximum absolute atomic E-state index is 11.9. The van der Waals surface area contributed by atoms with Crippen molar-refractivity contribution in [2.45, 2.75) is 26.3 Å². The first-order valence-electron chi connectivity index (χ1n) is 8.13. The van der Waals surface area contributed by atoms with E-state index in [0.717, 1.165) is 24.9 Å². The van der Waals surface area contributed by atoms with E-state index in [9.17, 15) is 4.79 Å². The number of hydrogen-bond donors (Lipinski definition) is 0. The van der Waals surface area contributed by atoms with Crippen molar-refractivity contribution in [2.75, 3.05) is 19.7 Å². The number of esters is 1. The molecule has 1 aliphatic heterocycles. The van der Waals surface area contributed by atoms with Gasteiger partial charge in [-0.3, -0.25) is 9.69 Å². The van der Waals surface area contributed by atoms with Gasteiger partial charge in [-0.2, -0.15) is 0 Å². The lowest BCUT2D eigenvalue weighted by Gasteiger charge is -2.30. The highest BCUT2D eigenvalue weighted by atomic mass is 35.5. The van der Waals surface area contributed by atoms with Gasteiger partial charge in [-0.1, -0.05) is 11.6 Å². The second kappa shape index (κ2) is 7.77. The molecule has 0 saturated carbocycles. The van der Waals surface area contributed by atoms with Gasteiger partial charge in [0.1, 0.15) is 0 Å². The molecule has 1 aliphatic rings. The molecule has 0 spiro atoms. The highest BCUT2D eigenvalue weighted by molar-refractivity contribution is 6.30. The van der Waals surface area contributed by atoms with Gasteiger partial charge in [0.05, 0.1) is 19.1 Å². The molecule has 2 heterocycles. The Bertz CT molecular complexity index is 687. The fourth-order valence-electron chi connectivity index (χ4n) is 2.87. The van der Waals surface area contributed by atoms with E-state index in [0.29, 0.717) is 36.5 Å². The molecule has 3 rings (SSSR count). The number of carbonyl (C=O) groups excluding carboxylic acids is 1. The van der Waals surface area contributed by atoms with Crippen LogP contribution in [0, 0.1) is 5.92 Å². The molecule has 1 aromatic carbocycles. The van der Waals surface area contributed by atoms with Crippen molar-refractivity contribution in [3.63, 3.8) is 0 Å². The number of likely N-dealkylation sites (tertiary alicyclic amines) is 1. The third kappa shape index (κ3) is 4.13. The summed E-state index contributed by atoms with van der Waals surface area (Å²) in [4.78, 5) is 14.1. The van der Waals surface area contributed by atoms with Gasteiger partial charge in [0, 0.05) is 17.1 Å². The summed E-state index contributed by atoms with van der Waals surface area (Å²) in [5.74, 6) is 0.831. The second-order valence-corrected chi connectivity index (χ2v) is 6.27. The van der Waals surface area contributed by atoms with E-state index < -0.39 is 0 Å². The van der Waals surface area contributed by atoms with Gasteiger partial charge in [-0.25, -0.2) is 0 Å². The molecule has 7 heteroatoms. The number of benzene rings is 1. The number of hydrogen-bond acceptors (Lipinski definition) is 6. The number of rotatable bonds is 5. The van der Waals surface area contributed by atoms with Crippen molar-refractivity contribution in [1.29, 1.82) is 0 Å². The van der Waals surface area contributed by atoms with Gasteiger partial charge in [-0.05, 0) is 50.6 Å². The van der Waals surface area contributed by atoms with Crippen LogP contribution in [0.1, 0.15) is 25.7 Å². The molecule has 24 heavy (non-hydrogen) atoms. The Labute approximate surface area is 145 Å². The first kappa shape index (κ1) is 16.9. The fourth-order valence-corrected chi connectivity index (χ4v) is 3.00. The molecule has 0 aliphatic carbocycles. The SMILES string of the molecule is CCOC(=O)C1CCCN(Cc2nnc(-c3ccc(Cl)cc3)o2)C1. The largest absolute Gasteiger partial charge is 0.466 e. The Kier molecular flexibility index (Phi) is 5.48. The average Bonchev–Trinajstić information content (AvgIpc) is 3.04. The third-order valence-electron chi connectivity index (χ3n) is 4.04. The van der Waals surface area contributed by atoms with Gasteiger partial charge >= 0.3 is 5.97 Å². The average molecular weight is 350 g/mol. The van der Waals surface area contributed by atoms with Crippen molar-refractivity contribution in [3.05, 3.63) is 35.2 Å². The van der Waals surface area contributed by atoms with Crippen LogP contribution >= 0.6 is 11.6 Å². The van der Waals surface area contributed by atoms with Gasteiger partial charge in [0.2, 0.25) is 11.8 Å². The van der Waals surface area contributed by atoms with Crippen molar-refractivity contribution in [2.24, 2.45) is 5.92 Å². The maximum Gasteiger partial charge on any atom is 0.310 e. The minimum absolute atomic E-state index is 0.0719. The minimum atomic E-state index is -0.116. The Morgan fingerprint density at radius 2 is 2.17 bits per heavy atom. The van der Waals surface area contributed by atoms with Crippen molar-refractivity contribution >= 4 is 17.6 Å². The fraction of sp³-hybridized carbons (Fsp3) is 0.471. The van der Waals surface area contributed by atoms with Crippen molar-refractivity contribution < 1.29 is 13.9 Å². The van der Waals surface area contributed by atoms with Gasteiger partial charge in [0.15, 0.2) is 0 Å². The van der Waals surface area contributed by atoms with Gasteiger partial charge in [0.25, 0.3) is 0 Å². The quantitative estimate of drug-likeness (QED) is 0.772. The van der Waals surface area contributed by atoms with Gasteiger partial charge < -0.3 is 9.15 Å². The highest BCUT2D eigenvalue weighted by Crippen LogP contribution is 2.23. The molecule has 0 bridgehead atoms. The van der Waals surface area contributed by atoms with Crippen LogP contribution in [-0.4, -0.2) is 40.8 Å². The summed E-state index contributed by atoms with van der Waals surface area (Å²) in [5, 5.41) is 8.86. The summed E-state index contributed by atoms with van der Waals surface area (Å²) in [6, 6.07) is 7.26. The van der Waals surface area contributed by atoms with Crippen LogP contribution in [0.3, 0.4) is 0 Å². The predicted octanol–water partition coefficient (Wildman–Crippen LogP) is 3.17. The zero-order valence-electron chi connectivity index (χ0n) is 13.6. The van der Waals surface area contributed by atoms with E-state index in [1.54, 1.807) is 12.1 Å². The molecule has 0 amide bonds. The van der Waals surface area contributed by atoms with Crippen molar-refractivity contribution in [1.82, 2.24) is 15.1 Å². The third-order valence-corrected chi connectivity index (χ3v) is 4.29. The van der Waals surface area contributed by atoms with E-state index >= 15 is 0 Å². The van der Waals surface area contributed by atoms with E-state index in [1.165, 1.54) is 0 Å². The maximum atomic E-state index is 11.9. The predicted molar refractivity (Wildman–Crippen MR) is 89.4 cm³/mol. The molecule has 6 nitrogen and oxygen atoms in total. The standard InChI is InChI=1S/C17H20ClN3O3/c1-2-23-17(22)13-4-3-9-21(10-13)11-15-19-20-16(24-15)12-5-7-14(18)8-6-12/h5-8,13H,2-4,9-11H2,1H3. The molecule has 1 aromatic heterocycles. The van der Waals surface area contributed by atoms with Crippen LogP contribution in [0.5, 0.6) is 0 Å². The summed E-state index contributed by atoms with van der Waals surface area (Å²) in [6.45, 7) is 4.36. The highest BCUT2D eigenvalue weighted by Gasteiger charge is 2.27. The van der Waals surface area contributed by atoms with Gasteiger partial charge in [-0.15, -0.1) is 10.2 Å². The topological polar surface area (TPSA) is 68.5 Å². The summed E-state index contributed by atoms with van der Waals surface area (Å²) in [7, 11) is 0. The van der Waals surface area contributed by atoms with E-state index in [2.05, 4.69) is 15.1 Å². The zero-order chi connectivity index (χ0) is 16.9. The van der Waals surface area contributed by atoms with Crippen LogP contribution in [-0.2, 0) is 16.1 Å². The summed E-state index contributed by atoms with van der Waals surface area (Å²) >= 11 is 5.88. The van der Waals surface area contributed by atoms with Crippen LogP contribution < -0.4 is 0 Å². The van der Waals surface area contributed by atoms with Crippen LogP contribution in [0.4, 0.5) is 0 Å². The summed E-state index contributed by atoms with van der Waals surface area (Å²) in [5.41, 5.74) is 0.834. The number of ether oxygens (including phenoxy) is 1. The zero-order valence-corrected chi connectivity index (χ0v) is 14.3. The molecule has 1 atom stereocenters. The minimum Gasteiger partial charge on any atom is -0.466 e. The molecule has 1 fully saturated rings. The van der Waals surface area contributed by atoms with Crippen LogP contribution in [0.25, 0.3) is 11.5 Å². The van der Waals surface area contributed by atoms with Crippen LogP contribution in [0.15, 0.2) is 28.7 Å². The first-order chi connectivity index (χ1) is 11.7. The Hall–Kier alpha value is -1.92. The Morgan fingerprint density at radius 1 is 1.38 bits per heavy atom. The first-order valence-corrected chi connectivity index (χ1v) is 8.51. The molecule has 2 aromatic rings. The van der Waals surface area contributed by atoms with Crippen molar-refractivity contribution in [3.8, 4) is 11.5 Å². The number of halogens is 1. The lowest BCUT2D eigenvalue weighted by Crippen LogP contribution is -2.39.